The summed E-state index contributed by atoms with van der Waals surface area (Å²) in [6.45, 7) is 3.78. The number of rotatable bonds is 69. The van der Waals surface area contributed by atoms with E-state index in [1.54, 1.807) is 0 Å². The second kappa shape index (κ2) is 68.0. The SMILES string of the molecule is CC/C=C\C/C=C\C/C=C\C/C=C\CCCCCCCCCCCCCCCCCCCCCCCCCCCCCCC(=O)NC(COC1OC(CO)C(O)C(O)C1O)C(O)CCCCCCCCCCCCCCCCCCCCCCCCCC. The first-order valence-corrected chi connectivity index (χ1v) is 38.8. The molecule has 7 atom stereocenters. The molecule has 88 heavy (non-hydrogen) atoms. The van der Waals surface area contributed by atoms with Crippen LogP contribution in [0.15, 0.2) is 48.6 Å². The van der Waals surface area contributed by atoms with E-state index in [2.05, 4.69) is 67.8 Å². The number of aliphatic hydroxyl groups is 5. The molecular weight excluding hydrogens is 1090 g/mol. The Hall–Kier alpha value is -1.85. The molecule has 1 heterocycles. The zero-order valence-electron chi connectivity index (χ0n) is 58.3. The Balaban J connectivity index is 2.02. The number of carbonyl (C=O) groups is 1. The van der Waals surface area contributed by atoms with Crippen molar-refractivity contribution in [1.29, 1.82) is 0 Å². The van der Waals surface area contributed by atoms with Gasteiger partial charge in [-0.3, -0.25) is 4.79 Å². The quantitative estimate of drug-likeness (QED) is 0.0261. The summed E-state index contributed by atoms with van der Waals surface area (Å²) in [5, 5.41) is 55.0. The maximum Gasteiger partial charge on any atom is 0.220 e. The molecule has 1 rings (SSSR count). The highest BCUT2D eigenvalue weighted by Gasteiger charge is 2.44. The molecule has 1 amide bonds. The highest BCUT2D eigenvalue weighted by molar-refractivity contribution is 5.76. The van der Waals surface area contributed by atoms with Crippen LogP contribution in [0.4, 0.5) is 0 Å². The molecule has 6 N–H and O–H groups in total. The Kier molecular flexibility index (Phi) is 65.1. The van der Waals surface area contributed by atoms with Gasteiger partial charge in [0.2, 0.25) is 5.91 Å². The summed E-state index contributed by atoms with van der Waals surface area (Å²) in [5.41, 5.74) is 0. The summed E-state index contributed by atoms with van der Waals surface area (Å²) in [7, 11) is 0. The third kappa shape index (κ3) is 55.8. The fourth-order valence-electron chi connectivity index (χ4n) is 12.7. The lowest BCUT2D eigenvalue weighted by Gasteiger charge is -2.40. The van der Waals surface area contributed by atoms with Crippen LogP contribution in [0.3, 0.4) is 0 Å². The van der Waals surface area contributed by atoms with Crippen LogP contribution in [0.2, 0.25) is 0 Å². The number of allylic oxidation sites excluding steroid dienone is 8. The van der Waals surface area contributed by atoms with Crippen molar-refractivity contribution in [3.63, 3.8) is 0 Å². The van der Waals surface area contributed by atoms with Crippen LogP contribution in [-0.2, 0) is 14.3 Å². The van der Waals surface area contributed by atoms with Gasteiger partial charge >= 0.3 is 0 Å². The Morgan fingerprint density at radius 1 is 0.398 bits per heavy atom. The van der Waals surface area contributed by atoms with Gasteiger partial charge in [-0.25, -0.2) is 0 Å². The van der Waals surface area contributed by atoms with Gasteiger partial charge in [0.1, 0.15) is 24.4 Å². The van der Waals surface area contributed by atoms with E-state index in [4.69, 9.17) is 9.47 Å². The summed E-state index contributed by atoms with van der Waals surface area (Å²) in [5.74, 6) is -0.135. The van der Waals surface area contributed by atoms with Gasteiger partial charge in [-0.2, -0.15) is 0 Å². The molecule has 0 aromatic heterocycles. The molecule has 1 fully saturated rings. The zero-order valence-corrected chi connectivity index (χ0v) is 58.3. The molecule has 0 aromatic carbocycles. The lowest BCUT2D eigenvalue weighted by molar-refractivity contribution is -0.302. The highest BCUT2D eigenvalue weighted by Crippen LogP contribution is 2.24. The van der Waals surface area contributed by atoms with Gasteiger partial charge in [0.05, 0.1) is 25.4 Å². The molecule has 9 heteroatoms. The van der Waals surface area contributed by atoms with Crippen LogP contribution in [0.5, 0.6) is 0 Å². The number of aliphatic hydroxyl groups excluding tert-OH is 5. The Labute approximate surface area is 545 Å². The summed E-state index contributed by atoms with van der Waals surface area (Å²) >= 11 is 0. The Bertz CT molecular complexity index is 1530. The largest absolute Gasteiger partial charge is 0.394 e. The first-order valence-electron chi connectivity index (χ1n) is 38.8. The van der Waals surface area contributed by atoms with Crippen molar-refractivity contribution in [3.8, 4) is 0 Å². The molecule has 518 valence electrons. The molecule has 0 aromatic rings. The van der Waals surface area contributed by atoms with Gasteiger partial charge in [-0.05, 0) is 51.4 Å². The second-order valence-corrected chi connectivity index (χ2v) is 27.1. The summed E-state index contributed by atoms with van der Waals surface area (Å²) < 4.78 is 11.4. The molecule has 1 aliphatic rings. The van der Waals surface area contributed by atoms with Crippen LogP contribution >= 0.6 is 0 Å². The Morgan fingerprint density at radius 3 is 1.05 bits per heavy atom. The maximum atomic E-state index is 13.2. The van der Waals surface area contributed by atoms with Crippen LogP contribution in [0, 0.1) is 0 Å². The average Bonchev–Trinajstić information content (AvgIpc) is 3.31. The predicted octanol–water partition coefficient (Wildman–Crippen LogP) is 21.9. The van der Waals surface area contributed by atoms with Gasteiger partial charge in [0.15, 0.2) is 6.29 Å². The third-order valence-electron chi connectivity index (χ3n) is 18.7. The van der Waals surface area contributed by atoms with E-state index < -0.39 is 49.5 Å². The van der Waals surface area contributed by atoms with Crippen molar-refractivity contribution < 1.29 is 39.8 Å². The van der Waals surface area contributed by atoms with Crippen molar-refractivity contribution in [3.05, 3.63) is 48.6 Å². The van der Waals surface area contributed by atoms with E-state index in [9.17, 15) is 30.3 Å². The van der Waals surface area contributed by atoms with E-state index >= 15 is 0 Å². The molecular formula is C79H149NO8. The number of carbonyl (C=O) groups excluding carboxylic acids is 1. The van der Waals surface area contributed by atoms with Gasteiger partial charge in [-0.15, -0.1) is 0 Å². The van der Waals surface area contributed by atoms with Gasteiger partial charge in [0.25, 0.3) is 0 Å². The maximum absolute atomic E-state index is 13.2. The van der Waals surface area contributed by atoms with Crippen molar-refractivity contribution in [2.75, 3.05) is 13.2 Å². The fourth-order valence-corrected chi connectivity index (χ4v) is 12.7. The molecule has 0 aliphatic carbocycles. The topological polar surface area (TPSA) is 149 Å². The standard InChI is InChI=1S/C79H149NO8/c1-3-5-7-9-11-13-15-17-19-21-23-25-27-29-30-31-32-33-34-35-36-37-38-39-40-41-42-43-44-45-47-49-51-53-55-57-59-61-63-65-67-69-75(83)80-72(71-87-79-78(86)77(85)76(84)74(70-81)88-79)73(82)68-66-64-62-60-58-56-54-52-50-48-46-28-26-24-22-20-18-16-14-12-10-8-6-4-2/h5,7,11,13,17,19,23,25,72-74,76-79,81-82,84-86H,3-4,6,8-10,12,14-16,18,20-22,24,26-71H2,1-2H3,(H,80,83)/b7-5-,13-11-,19-17-,25-23-. The average molecular weight is 1240 g/mol. The van der Waals surface area contributed by atoms with Crippen LogP contribution in [0.1, 0.15) is 393 Å². The minimum absolute atomic E-state index is 0.133. The van der Waals surface area contributed by atoms with Gasteiger partial charge in [-0.1, -0.05) is 383 Å². The van der Waals surface area contributed by atoms with E-state index in [0.717, 1.165) is 64.2 Å². The highest BCUT2D eigenvalue weighted by atomic mass is 16.7. The van der Waals surface area contributed by atoms with Crippen molar-refractivity contribution in [2.24, 2.45) is 0 Å². The number of nitrogens with one attached hydrogen (secondary N) is 1. The molecule has 1 saturated heterocycles. The van der Waals surface area contributed by atoms with Gasteiger partial charge < -0.3 is 40.3 Å². The molecule has 7 unspecified atom stereocenters. The van der Waals surface area contributed by atoms with E-state index in [1.807, 2.05) is 0 Å². The normalized spacial score (nSPS) is 18.1. The minimum Gasteiger partial charge on any atom is -0.394 e. The number of amides is 1. The monoisotopic (exact) mass is 1240 g/mol. The van der Waals surface area contributed by atoms with Crippen molar-refractivity contribution in [1.82, 2.24) is 5.32 Å². The second-order valence-electron chi connectivity index (χ2n) is 27.1. The molecule has 1 aliphatic heterocycles. The van der Waals surface area contributed by atoms with Crippen LogP contribution in [0.25, 0.3) is 0 Å². The van der Waals surface area contributed by atoms with Crippen molar-refractivity contribution >= 4 is 5.91 Å². The summed E-state index contributed by atoms with van der Waals surface area (Å²) in [4.78, 5) is 13.2. The number of unbranched alkanes of at least 4 members (excludes halogenated alkanes) is 51. The molecule has 0 spiro atoms. The van der Waals surface area contributed by atoms with Crippen LogP contribution in [-0.4, -0.2) is 87.5 Å². The van der Waals surface area contributed by atoms with Crippen LogP contribution < -0.4 is 5.32 Å². The first-order chi connectivity index (χ1) is 43.3. The third-order valence-corrected chi connectivity index (χ3v) is 18.7. The predicted molar refractivity (Wildman–Crippen MR) is 378 cm³/mol. The number of ether oxygens (including phenoxy) is 2. The minimum atomic E-state index is -1.55. The number of hydrogen-bond donors (Lipinski definition) is 6. The Morgan fingerprint density at radius 2 is 0.705 bits per heavy atom. The summed E-state index contributed by atoms with van der Waals surface area (Å²) in [6.07, 6.45) is 86.5. The first kappa shape index (κ1) is 84.2. The lowest BCUT2D eigenvalue weighted by atomic mass is 9.99. The number of hydrogen-bond acceptors (Lipinski definition) is 8. The van der Waals surface area contributed by atoms with E-state index in [-0.39, 0.29) is 12.5 Å². The molecule has 9 nitrogen and oxygen atoms in total. The molecule has 0 bridgehead atoms. The fraction of sp³-hybridized carbons (Fsp3) is 0.886. The van der Waals surface area contributed by atoms with E-state index in [1.165, 1.54) is 302 Å². The summed E-state index contributed by atoms with van der Waals surface area (Å²) in [6, 6.07) is -0.718. The van der Waals surface area contributed by atoms with Gasteiger partial charge in [0, 0.05) is 6.42 Å². The zero-order chi connectivity index (χ0) is 63.5. The molecule has 0 radical (unpaired) electrons. The lowest BCUT2D eigenvalue weighted by Crippen LogP contribution is -2.60. The van der Waals surface area contributed by atoms with E-state index in [0.29, 0.717) is 12.8 Å². The van der Waals surface area contributed by atoms with Crippen molar-refractivity contribution in [2.45, 2.75) is 436 Å². The molecule has 0 saturated carbocycles. The smallest absolute Gasteiger partial charge is 0.220 e.